The largest absolute Gasteiger partial charge is 0.380 e. The summed E-state index contributed by atoms with van der Waals surface area (Å²) in [5, 5.41) is 0. The molecule has 0 heterocycles. The van der Waals surface area contributed by atoms with Crippen LogP contribution in [0.4, 0.5) is 0 Å². The molecule has 2 nitrogen and oxygen atoms in total. The Bertz CT molecular complexity index is 79.6. The summed E-state index contributed by atoms with van der Waals surface area (Å²) in [5.41, 5.74) is 5.54. The second-order valence-corrected chi connectivity index (χ2v) is 3.20. The third kappa shape index (κ3) is 6.32. The van der Waals surface area contributed by atoms with E-state index in [2.05, 4.69) is 13.8 Å². The Morgan fingerprint density at radius 2 is 1.73 bits per heavy atom. The molecule has 0 aromatic heterocycles. The van der Waals surface area contributed by atoms with Crippen LogP contribution in [0, 0.1) is 5.92 Å². The molecule has 11 heavy (non-hydrogen) atoms. The molecule has 68 valence electrons. The first kappa shape index (κ1) is 10.9. The average Bonchev–Trinajstić information content (AvgIpc) is 1.98. The Balaban J connectivity index is 3.21. The van der Waals surface area contributed by atoms with E-state index in [4.69, 9.17) is 10.5 Å². The topological polar surface area (TPSA) is 35.2 Å². The standard InChI is InChI=1S/C9H21NO/c1-4-9(5-2)7-11-6-8(3)10/h8-9H,4-7,10H2,1-3H3/t8-/m0/s1. The van der Waals surface area contributed by atoms with Gasteiger partial charge in [0.25, 0.3) is 0 Å². The van der Waals surface area contributed by atoms with Crippen LogP contribution in [0.3, 0.4) is 0 Å². The van der Waals surface area contributed by atoms with Gasteiger partial charge in [-0.3, -0.25) is 0 Å². The third-order valence-electron chi connectivity index (χ3n) is 1.89. The molecule has 0 aromatic rings. The van der Waals surface area contributed by atoms with Gasteiger partial charge < -0.3 is 10.5 Å². The molecule has 0 aliphatic rings. The molecule has 1 atom stereocenters. The van der Waals surface area contributed by atoms with Crippen molar-refractivity contribution in [3.8, 4) is 0 Å². The molecule has 0 saturated carbocycles. The monoisotopic (exact) mass is 159 g/mol. The van der Waals surface area contributed by atoms with Crippen LogP contribution in [0.15, 0.2) is 0 Å². The van der Waals surface area contributed by atoms with E-state index in [1.165, 1.54) is 12.8 Å². The van der Waals surface area contributed by atoms with Crippen LogP contribution in [0.1, 0.15) is 33.6 Å². The van der Waals surface area contributed by atoms with Crippen molar-refractivity contribution >= 4 is 0 Å². The summed E-state index contributed by atoms with van der Waals surface area (Å²) < 4.78 is 5.41. The molecule has 0 amide bonds. The highest BCUT2D eigenvalue weighted by Gasteiger charge is 2.03. The second kappa shape index (κ2) is 6.62. The molecule has 0 fully saturated rings. The first-order valence-corrected chi connectivity index (χ1v) is 4.54. The Morgan fingerprint density at radius 3 is 2.09 bits per heavy atom. The maximum atomic E-state index is 5.54. The van der Waals surface area contributed by atoms with Crippen LogP contribution in [0.5, 0.6) is 0 Å². The molecule has 0 bridgehead atoms. The van der Waals surface area contributed by atoms with Gasteiger partial charge in [0.1, 0.15) is 0 Å². The Labute approximate surface area is 70.1 Å². The van der Waals surface area contributed by atoms with Gasteiger partial charge in [0.15, 0.2) is 0 Å². The van der Waals surface area contributed by atoms with Gasteiger partial charge in [-0.1, -0.05) is 26.7 Å². The van der Waals surface area contributed by atoms with Crippen molar-refractivity contribution in [1.29, 1.82) is 0 Å². The lowest BCUT2D eigenvalue weighted by molar-refractivity contribution is 0.0889. The Morgan fingerprint density at radius 1 is 1.18 bits per heavy atom. The van der Waals surface area contributed by atoms with Gasteiger partial charge in [-0.05, 0) is 12.8 Å². The Hall–Kier alpha value is -0.0800. The summed E-state index contributed by atoms with van der Waals surface area (Å²) in [6, 6.07) is 0.171. The number of ether oxygens (including phenoxy) is 1. The molecule has 2 N–H and O–H groups in total. The number of nitrogens with two attached hydrogens (primary N) is 1. The maximum absolute atomic E-state index is 5.54. The average molecular weight is 159 g/mol. The number of hydrogen-bond acceptors (Lipinski definition) is 2. The van der Waals surface area contributed by atoms with Crippen molar-refractivity contribution < 1.29 is 4.74 Å². The molecule has 0 aliphatic carbocycles. The molecule has 2 heteroatoms. The lowest BCUT2D eigenvalue weighted by Gasteiger charge is -2.13. The predicted molar refractivity (Wildman–Crippen MR) is 48.5 cm³/mol. The summed E-state index contributed by atoms with van der Waals surface area (Å²) >= 11 is 0. The van der Waals surface area contributed by atoms with Crippen LogP contribution in [0.25, 0.3) is 0 Å². The summed E-state index contributed by atoms with van der Waals surface area (Å²) in [6.45, 7) is 7.92. The highest BCUT2D eigenvalue weighted by molar-refractivity contribution is 4.54. The number of rotatable bonds is 6. The first-order valence-electron chi connectivity index (χ1n) is 4.54. The fourth-order valence-corrected chi connectivity index (χ4v) is 0.945. The van der Waals surface area contributed by atoms with E-state index < -0.39 is 0 Å². The molecule has 0 radical (unpaired) electrons. The van der Waals surface area contributed by atoms with Gasteiger partial charge in [-0.2, -0.15) is 0 Å². The van der Waals surface area contributed by atoms with Crippen LogP contribution >= 0.6 is 0 Å². The van der Waals surface area contributed by atoms with Gasteiger partial charge in [0.05, 0.1) is 6.61 Å². The van der Waals surface area contributed by atoms with E-state index in [1.807, 2.05) is 6.92 Å². The van der Waals surface area contributed by atoms with E-state index in [0.29, 0.717) is 12.5 Å². The molecule has 0 rings (SSSR count). The summed E-state index contributed by atoms with van der Waals surface area (Å²) in [7, 11) is 0. The minimum absolute atomic E-state index is 0.171. The van der Waals surface area contributed by atoms with E-state index in [0.717, 1.165) is 6.61 Å². The highest BCUT2D eigenvalue weighted by atomic mass is 16.5. The molecule has 0 unspecified atom stereocenters. The fourth-order valence-electron chi connectivity index (χ4n) is 0.945. The van der Waals surface area contributed by atoms with Gasteiger partial charge in [-0.15, -0.1) is 0 Å². The zero-order chi connectivity index (χ0) is 8.69. The van der Waals surface area contributed by atoms with Gasteiger partial charge >= 0.3 is 0 Å². The molecule has 0 spiro atoms. The molecular formula is C9H21NO. The van der Waals surface area contributed by atoms with Crippen LogP contribution in [-0.4, -0.2) is 19.3 Å². The summed E-state index contributed by atoms with van der Waals surface area (Å²) in [4.78, 5) is 0. The fraction of sp³-hybridized carbons (Fsp3) is 1.00. The van der Waals surface area contributed by atoms with Crippen LogP contribution in [-0.2, 0) is 4.74 Å². The van der Waals surface area contributed by atoms with Crippen molar-refractivity contribution in [3.63, 3.8) is 0 Å². The minimum atomic E-state index is 0.171. The zero-order valence-electron chi connectivity index (χ0n) is 7.97. The van der Waals surface area contributed by atoms with Crippen LogP contribution < -0.4 is 5.73 Å². The van der Waals surface area contributed by atoms with Crippen molar-refractivity contribution in [1.82, 2.24) is 0 Å². The maximum Gasteiger partial charge on any atom is 0.0614 e. The van der Waals surface area contributed by atoms with Gasteiger partial charge in [0.2, 0.25) is 0 Å². The van der Waals surface area contributed by atoms with Crippen molar-refractivity contribution in [2.75, 3.05) is 13.2 Å². The smallest absolute Gasteiger partial charge is 0.0614 e. The van der Waals surface area contributed by atoms with E-state index in [-0.39, 0.29) is 6.04 Å². The van der Waals surface area contributed by atoms with E-state index in [1.54, 1.807) is 0 Å². The van der Waals surface area contributed by atoms with E-state index >= 15 is 0 Å². The predicted octanol–water partition coefficient (Wildman–Crippen LogP) is 1.79. The van der Waals surface area contributed by atoms with Crippen LogP contribution in [0.2, 0.25) is 0 Å². The third-order valence-corrected chi connectivity index (χ3v) is 1.89. The lowest BCUT2D eigenvalue weighted by atomic mass is 10.1. The lowest BCUT2D eigenvalue weighted by Crippen LogP contribution is -2.23. The summed E-state index contributed by atoms with van der Waals surface area (Å²) in [5.74, 6) is 0.716. The molecular weight excluding hydrogens is 138 g/mol. The normalized spacial score (nSPS) is 13.9. The van der Waals surface area contributed by atoms with Crippen molar-refractivity contribution in [3.05, 3.63) is 0 Å². The van der Waals surface area contributed by atoms with Crippen molar-refractivity contribution in [2.45, 2.75) is 39.7 Å². The van der Waals surface area contributed by atoms with Gasteiger partial charge in [0, 0.05) is 12.6 Å². The van der Waals surface area contributed by atoms with Crippen molar-refractivity contribution in [2.24, 2.45) is 11.7 Å². The summed E-state index contributed by atoms with van der Waals surface area (Å²) in [6.07, 6.45) is 2.41. The molecule has 0 saturated heterocycles. The zero-order valence-corrected chi connectivity index (χ0v) is 7.97. The SMILES string of the molecule is CCC(CC)COC[C@H](C)N. The molecule has 0 aromatic carbocycles. The van der Waals surface area contributed by atoms with Gasteiger partial charge in [-0.25, -0.2) is 0 Å². The highest BCUT2D eigenvalue weighted by Crippen LogP contribution is 2.07. The second-order valence-electron chi connectivity index (χ2n) is 3.20. The van der Waals surface area contributed by atoms with E-state index in [9.17, 15) is 0 Å². The minimum Gasteiger partial charge on any atom is -0.380 e. The number of hydrogen-bond donors (Lipinski definition) is 1. The Kier molecular flexibility index (Phi) is 6.57. The quantitative estimate of drug-likeness (QED) is 0.641. The molecule has 0 aliphatic heterocycles. The first-order chi connectivity index (χ1) is 5.20.